The van der Waals surface area contributed by atoms with Crippen molar-refractivity contribution in [2.45, 2.75) is 32.0 Å². The van der Waals surface area contributed by atoms with Crippen LogP contribution in [-0.2, 0) is 4.79 Å². The number of aromatic hydroxyl groups is 1. The number of nitrogens with zero attached hydrogens (tertiary/aromatic N) is 6. The van der Waals surface area contributed by atoms with Crippen LogP contribution < -0.4 is 15.3 Å². The molecule has 1 amide bonds. The average molecular weight is 589 g/mol. The van der Waals surface area contributed by atoms with Crippen LogP contribution in [0.25, 0.3) is 22.0 Å². The first-order valence-corrected chi connectivity index (χ1v) is 13.7. The first kappa shape index (κ1) is 27.4. The van der Waals surface area contributed by atoms with Crippen LogP contribution in [0.4, 0.5) is 10.2 Å². The molecular formula is C30H26ClFN6O4. The summed E-state index contributed by atoms with van der Waals surface area (Å²) in [5, 5.41) is 15.3. The number of carbonyl (C=O) groups is 1. The summed E-state index contributed by atoms with van der Waals surface area (Å²) in [6, 6.07) is 8.99. The monoisotopic (exact) mass is 588 g/mol. The summed E-state index contributed by atoms with van der Waals surface area (Å²) in [5.74, 6) is 2.31. The van der Waals surface area contributed by atoms with Crippen molar-refractivity contribution in [1.29, 1.82) is 0 Å². The molecule has 4 aromatic rings. The predicted molar refractivity (Wildman–Crippen MR) is 156 cm³/mol. The maximum Gasteiger partial charge on any atom is 0.351 e. The maximum absolute atomic E-state index is 15.1. The molecule has 2 aliphatic heterocycles. The molecule has 6 rings (SSSR count). The van der Waals surface area contributed by atoms with Crippen LogP contribution in [0.5, 0.6) is 11.5 Å². The Morgan fingerprint density at radius 3 is 2.76 bits per heavy atom. The molecule has 2 aromatic carbocycles. The fourth-order valence-electron chi connectivity index (χ4n) is 5.63. The van der Waals surface area contributed by atoms with E-state index in [9.17, 15) is 14.7 Å². The Bertz CT molecular complexity index is 1840. The first-order chi connectivity index (χ1) is 20.2. The van der Waals surface area contributed by atoms with Gasteiger partial charge >= 0.3 is 5.69 Å². The Kier molecular flexibility index (Phi) is 6.86. The second-order valence-corrected chi connectivity index (χ2v) is 10.7. The molecule has 0 bridgehead atoms. The van der Waals surface area contributed by atoms with Crippen LogP contribution in [0.15, 0.2) is 60.2 Å². The molecule has 1 unspecified atom stereocenters. The quantitative estimate of drug-likeness (QED) is 0.287. The number of phenolic OH excluding ortho intramolecular Hbond substituents is 1. The van der Waals surface area contributed by atoms with Gasteiger partial charge in [-0.3, -0.25) is 9.36 Å². The molecule has 3 atom stereocenters. The largest absolute Gasteiger partial charge is 0.507 e. The fraction of sp³-hybridized carbons (Fsp3) is 0.267. The van der Waals surface area contributed by atoms with Crippen LogP contribution in [0, 0.1) is 17.8 Å². The van der Waals surface area contributed by atoms with E-state index in [2.05, 4.69) is 28.6 Å². The number of piperazine rings is 1. The lowest BCUT2D eigenvalue weighted by atomic mass is 9.98. The molecule has 12 heteroatoms. The van der Waals surface area contributed by atoms with E-state index in [0.29, 0.717) is 29.8 Å². The van der Waals surface area contributed by atoms with Crippen molar-refractivity contribution in [3.8, 4) is 34.6 Å². The second kappa shape index (κ2) is 10.5. The van der Waals surface area contributed by atoms with Crippen molar-refractivity contribution in [2.24, 2.45) is 0 Å². The summed E-state index contributed by atoms with van der Waals surface area (Å²) < 4.78 is 24.2. The number of hydrogen-bond acceptors (Lipinski definition) is 7. The SMILES string of the molecule is C=CC(=O)N1C[C@H](C)N(c2nc(=O)n3c4c(c(-c5c(O)cccc5F)c(Cl)cc24)OCC3C#Cn2cccn2)C[C@H]1C. The lowest BCUT2D eigenvalue weighted by Gasteiger charge is -2.44. The van der Waals surface area contributed by atoms with E-state index in [1.807, 2.05) is 18.7 Å². The van der Waals surface area contributed by atoms with Gasteiger partial charge < -0.3 is 19.6 Å². The lowest BCUT2D eigenvalue weighted by molar-refractivity contribution is -0.128. The number of anilines is 1. The fourth-order valence-corrected chi connectivity index (χ4v) is 5.92. The van der Waals surface area contributed by atoms with Gasteiger partial charge in [-0.1, -0.05) is 24.2 Å². The average Bonchev–Trinajstić information content (AvgIpc) is 3.49. The van der Waals surface area contributed by atoms with Crippen LogP contribution in [0.3, 0.4) is 0 Å². The highest BCUT2D eigenvalue weighted by Crippen LogP contribution is 2.49. The molecular weight excluding hydrogens is 563 g/mol. The number of phenols is 1. The number of hydrogen-bond donors (Lipinski definition) is 1. The predicted octanol–water partition coefficient (Wildman–Crippen LogP) is 3.81. The number of benzene rings is 2. The minimum absolute atomic E-state index is 0.0599. The third-order valence-corrected chi connectivity index (χ3v) is 7.90. The van der Waals surface area contributed by atoms with E-state index in [1.165, 1.54) is 33.5 Å². The standard InChI is InChI=1S/C30H26ClFN6O4/c1-4-24(40)36-14-18(3)37(15-17(36)2)29-20-13-21(31)25(26-22(32)7-5-8-23(26)39)28-27(20)38(30(41)34-29)19(16-42-28)9-12-35-11-6-10-33-35/h4-8,10-11,13,17-19,39H,1,14-16H2,2-3H3/t17-,18+,19?/m1/s1. The van der Waals surface area contributed by atoms with Gasteiger partial charge in [0.25, 0.3) is 0 Å². The molecule has 1 fully saturated rings. The minimum Gasteiger partial charge on any atom is -0.507 e. The third-order valence-electron chi connectivity index (χ3n) is 7.60. The molecule has 2 aromatic heterocycles. The van der Waals surface area contributed by atoms with Crippen LogP contribution in [0.1, 0.15) is 19.9 Å². The van der Waals surface area contributed by atoms with Gasteiger partial charge in [0.05, 0.1) is 22.3 Å². The van der Waals surface area contributed by atoms with Gasteiger partial charge in [0.1, 0.15) is 35.6 Å². The van der Waals surface area contributed by atoms with E-state index in [4.69, 9.17) is 16.3 Å². The Balaban J connectivity index is 1.60. The van der Waals surface area contributed by atoms with Gasteiger partial charge in [-0.05, 0) is 50.1 Å². The van der Waals surface area contributed by atoms with Crippen LogP contribution in [-0.4, -0.2) is 67.0 Å². The van der Waals surface area contributed by atoms with Crippen LogP contribution >= 0.6 is 11.6 Å². The van der Waals surface area contributed by atoms with E-state index in [0.717, 1.165) is 0 Å². The number of halogens is 2. The minimum atomic E-state index is -0.750. The Morgan fingerprint density at radius 1 is 1.24 bits per heavy atom. The van der Waals surface area contributed by atoms with Gasteiger partial charge in [-0.15, -0.1) is 0 Å². The van der Waals surface area contributed by atoms with Gasteiger partial charge in [-0.2, -0.15) is 14.8 Å². The summed E-state index contributed by atoms with van der Waals surface area (Å²) in [5.41, 5.74) is -0.289. The molecule has 0 radical (unpaired) electrons. The van der Waals surface area contributed by atoms with Crippen molar-refractivity contribution in [1.82, 2.24) is 24.2 Å². The number of amides is 1. The van der Waals surface area contributed by atoms with Gasteiger partial charge in [0.2, 0.25) is 5.91 Å². The number of aromatic nitrogens is 4. The first-order valence-electron chi connectivity index (χ1n) is 13.3. The van der Waals surface area contributed by atoms with Crippen molar-refractivity contribution in [2.75, 3.05) is 24.6 Å². The van der Waals surface area contributed by atoms with Gasteiger partial charge in [-0.25, -0.2) is 9.18 Å². The van der Waals surface area contributed by atoms with Gasteiger partial charge in [0.15, 0.2) is 5.75 Å². The van der Waals surface area contributed by atoms with Crippen molar-refractivity contribution < 1.29 is 19.0 Å². The van der Waals surface area contributed by atoms with E-state index in [1.54, 1.807) is 29.4 Å². The molecule has 10 nitrogen and oxygen atoms in total. The summed E-state index contributed by atoms with van der Waals surface area (Å²) >= 11 is 6.81. The lowest BCUT2D eigenvalue weighted by Crippen LogP contribution is -2.58. The molecule has 1 saturated heterocycles. The smallest absolute Gasteiger partial charge is 0.351 e. The molecule has 1 N–H and O–H groups in total. The summed E-state index contributed by atoms with van der Waals surface area (Å²) in [6.45, 7) is 8.16. The molecule has 0 spiro atoms. The highest BCUT2D eigenvalue weighted by Gasteiger charge is 2.36. The zero-order chi connectivity index (χ0) is 29.7. The normalized spacial score (nSPS) is 19.7. The van der Waals surface area contributed by atoms with E-state index < -0.39 is 17.5 Å². The second-order valence-electron chi connectivity index (χ2n) is 10.3. The maximum atomic E-state index is 15.1. The van der Waals surface area contributed by atoms with Crippen molar-refractivity contribution in [3.63, 3.8) is 0 Å². The Morgan fingerprint density at radius 2 is 2.05 bits per heavy atom. The van der Waals surface area contributed by atoms with Crippen LogP contribution in [0.2, 0.25) is 5.02 Å². The van der Waals surface area contributed by atoms with Gasteiger partial charge in [0, 0.05) is 42.8 Å². The van der Waals surface area contributed by atoms with Crippen molar-refractivity contribution in [3.05, 3.63) is 76.7 Å². The Hall–Kier alpha value is -4.82. The van der Waals surface area contributed by atoms with Crippen molar-refractivity contribution >= 4 is 34.2 Å². The summed E-state index contributed by atoms with van der Waals surface area (Å²) in [4.78, 5) is 34.4. The zero-order valence-electron chi connectivity index (χ0n) is 22.8. The third kappa shape index (κ3) is 4.44. The molecule has 42 heavy (non-hydrogen) atoms. The summed E-state index contributed by atoms with van der Waals surface area (Å²) in [6.07, 6.45) is 4.54. The van der Waals surface area contributed by atoms with E-state index in [-0.39, 0.29) is 52.2 Å². The molecule has 214 valence electrons. The molecule has 2 aliphatic rings. The Labute approximate surface area is 245 Å². The number of ether oxygens (including phenoxy) is 1. The molecule has 0 aliphatic carbocycles. The van der Waals surface area contributed by atoms with E-state index >= 15 is 4.39 Å². The molecule has 0 saturated carbocycles. The number of rotatable bonds is 3. The highest BCUT2D eigenvalue weighted by molar-refractivity contribution is 6.35. The summed E-state index contributed by atoms with van der Waals surface area (Å²) in [7, 11) is 0. The molecule has 4 heterocycles. The topological polar surface area (TPSA) is 106 Å². The highest BCUT2D eigenvalue weighted by atomic mass is 35.5. The number of carbonyl (C=O) groups excluding carboxylic acids is 1. The zero-order valence-corrected chi connectivity index (χ0v) is 23.5.